The topological polar surface area (TPSA) is 58.6 Å². The number of benzene rings is 1. The molecule has 0 heterocycles. The zero-order chi connectivity index (χ0) is 12.0. The summed E-state index contributed by atoms with van der Waals surface area (Å²) in [5.41, 5.74) is 0. The summed E-state index contributed by atoms with van der Waals surface area (Å²) in [4.78, 5) is 0.144. The van der Waals surface area contributed by atoms with Crippen LogP contribution in [0, 0.1) is 0 Å². The quantitative estimate of drug-likeness (QED) is 0.385. The zero-order valence-electron chi connectivity index (χ0n) is 9.77. The average Bonchev–Trinajstić information content (AvgIpc) is 2.26. The molecule has 1 atom stereocenters. The van der Waals surface area contributed by atoms with E-state index < -0.39 is 11.1 Å². The van der Waals surface area contributed by atoms with Gasteiger partial charge in [-0.1, -0.05) is 15.9 Å². The number of rotatable bonds is 6. The predicted molar refractivity (Wildman–Crippen MR) is 63.3 cm³/mol. The van der Waals surface area contributed by atoms with Crippen LogP contribution in [0.4, 0.5) is 0 Å². The van der Waals surface area contributed by atoms with Crippen molar-refractivity contribution in [2.75, 3.05) is 19.8 Å². The van der Waals surface area contributed by atoms with E-state index in [-0.39, 0.29) is 34.5 Å². The van der Waals surface area contributed by atoms with Crippen LogP contribution in [0.5, 0.6) is 5.75 Å². The Morgan fingerprint density at radius 3 is 2.71 bits per heavy atom. The van der Waals surface area contributed by atoms with E-state index in [0.29, 0.717) is 30.0 Å². The molecule has 0 aliphatic heterocycles. The van der Waals surface area contributed by atoms with Gasteiger partial charge in [0.1, 0.15) is 12.4 Å². The fourth-order valence-electron chi connectivity index (χ4n) is 1.09. The first-order valence-electron chi connectivity index (χ1n) is 4.74. The van der Waals surface area contributed by atoms with Crippen molar-refractivity contribution < 1.29 is 47.8 Å². The minimum Gasteiger partial charge on any atom is -0.768 e. The van der Waals surface area contributed by atoms with Gasteiger partial charge in [0.05, 0.1) is 11.5 Å². The van der Waals surface area contributed by atoms with Crippen molar-refractivity contribution >= 4 is 27.0 Å². The number of halogens is 1. The van der Waals surface area contributed by atoms with E-state index in [9.17, 15) is 8.76 Å². The number of hydrogen-bond donors (Lipinski definition) is 0. The van der Waals surface area contributed by atoms with E-state index in [1.165, 1.54) is 6.07 Å². The van der Waals surface area contributed by atoms with Gasteiger partial charge in [-0.2, -0.15) is 0 Å². The molecule has 0 spiro atoms. The third kappa shape index (κ3) is 6.33. The Morgan fingerprint density at radius 1 is 1.41 bits per heavy atom. The predicted octanol–water partition coefficient (Wildman–Crippen LogP) is -0.894. The van der Waals surface area contributed by atoms with Gasteiger partial charge in [0.15, 0.2) is 0 Å². The molecule has 7 heteroatoms. The van der Waals surface area contributed by atoms with Crippen molar-refractivity contribution in [3.05, 3.63) is 22.7 Å². The second-order valence-electron chi connectivity index (χ2n) is 2.87. The molecule has 0 amide bonds. The summed E-state index contributed by atoms with van der Waals surface area (Å²) in [5, 5.41) is 0. The number of ether oxygens (including phenoxy) is 2. The number of hydrogen-bond acceptors (Lipinski definition) is 4. The second kappa shape index (κ2) is 9.49. The van der Waals surface area contributed by atoms with Crippen LogP contribution in [0.3, 0.4) is 0 Å². The Kier molecular flexibility index (Phi) is 9.81. The first-order chi connectivity index (χ1) is 7.65. The van der Waals surface area contributed by atoms with E-state index in [1.807, 2.05) is 6.92 Å². The molecular formula is C10H12BrNaO4S. The van der Waals surface area contributed by atoms with Crippen molar-refractivity contribution in [1.82, 2.24) is 0 Å². The minimum absolute atomic E-state index is 0. The maximum Gasteiger partial charge on any atom is 1.00 e. The normalized spacial score (nSPS) is 11.7. The molecule has 1 unspecified atom stereocenters. The van der Waals surface area contributed by atoms with Gasteiger partial charge in [-0.3, -0.25) is 4.21 Å². The maximum absolute atomic E-state index is 10.9. The summed E-state index contributed by atoms with van der Waals surface area (Å²) in [6.45, 7) is 3.28. The van der Waals surface area contributed by atoms with Crippen LogP contribution < -0.4 is 34.3 Å². The van der Waals surface area contributed by atoms with Crippen molar-refractivity contribution in [3.8, 4) is 5.75 Å². The van der Waals surface area contributed by atoms with Gasteiger partial charge < -0.3 is 14.0 Å². The first-order valence-corrected chi connectivity index (χ1v) is 6.61. The summed E-state index contributed by atoms with van der Waals surface area (Å²) >= 11 is 0.900. The summed E-state index contributed by atoms with van der Waals surface area (Å²) in [6, 6.07) is 4.84. The Morgan fingerprint density at radius 2 is 2.12 bits per heavy atom. The molecule has 0 bridgehead atoms. The van der Waals surface area contributed by atoms with Gasteiger partial charge >= 0.3 is 29.6 Å². The molecule has 17 heavy (non-hydrogen) atoms. The van der Waals surface area contributed by atoms with Gasteiger partial charge in [0.25, 0.3) is 0 Å². The average molecular weight is 331 g/mol. The fourth-order valence-corrected chi connectivity index (χ4v) is 2.11. The molecular weight excluding hydrogens is 319 g/mol. The fraction of sp³-hybridized carbons (Fsp3) is 0.400. The largest absolute Gasteiger partial charge is 1.00 e. The van der Waals surface area contributed by atoms with Crippen LogP contribution >= 0.6 is 15.9 Å². The molecule has 1 aromatic rings. The third-order valence-electron chi connectivity index (χ3n) is 1.77. The SMILES string of the molecule is CCOCCOc1ccc(Br)cc1S(=O)[O-].[Na+]. The summed E-state index contributed by atoms with van der Waals surface area (Å²) in [6.07, 6.45) is 0. The van der Waals surface area contributed by atoms with E-state index in [0.717, 1.165) is 0 Å². The van der Waals surface area contributed by atoms with E-state index >= 15 is 0 Å². The molecule has 1 aromatic carbocycles. The summed E-state index contributed by atoms with van der Waals surface area (Å²) < 4.78 is 33.0. The van der Waals surface area contributed by atoms with Crippen molar-refractivity contribution in [3.63, 3.8) is 0 Å². The van der Waals surface area contributed by atoms with Gasteiger partial charge in [0, 0.05) is 11.1 Å². The van der Waals surface area contributed by atoms with E-state index in [2.05, 4.69) is 15.9 Å². The van der Waals surface area contributed by atoms with Crippen molar-refractivity contribution in [2.24, 2.45) is 0 Å². The molecule has 90 valence electrons. The molecule has 0 fully saturated rings. The molecule has 0 aliphatic rings. The molecule has 0 radical (unpaired) electrons. The molecule has 0 N–H and O–H groups in total. The monoisotopic (exact) mass is 330 g/mol. The standard InChI is InChI=1S/C10H13BrO4S.Na/c1-2-14-5-6-15-9-4-3-8(11)7-10(9)16(12)13;/h3-4,7H,2,5-6H2,1H3,(H,12,13);/q;+1/p-1. The zero-order valence-corrected chi connectivity index (χ0v) is 14.2. The van der Waals surface area contributed by atoms with E-state index in [1.54, 1.807) is 12.1 Å². The second-order valence-corrected chi connectivity index (χ2v) is 4.70. The Bertz CT molecular complexity index is 375. The minimum atomic E-state index is -2.30. The Hall–Kier alpha value is 0.570. The van der Waals surface area contributed by atoms with Crippen LogP contribution in [0.1, 0.15) is 6.92 Å². The van der Waals surface area contributed by atoms with E-state index in [4.69, 9.17) is 9.47 Å². The Balaban J connectivity index is 0.00000256. The van der Waals surface area contributed by atoms with Crippen LogP contribution in [0.15, 0.2) is 27.6 Å². The van der Waals surface area contributed by atoms with Gasteiger partial charge in [-0.05, 0) is 36.2 Å². The molecule has 0 aromatic heterocycles. The van der Waals surface area contributed by atoms with Crippen molar-refractivity contribution in [2.45, 2.75) is 11.8 Å². The first kappa shape index (κ1) is 17.6. The smallest absolute Gasteiger partial charge is 0.768 e. The Labute approximate surface area is 134 Å². The summed E-state index contributed by atoms with van der Waals surface area (Å²) in [7, 11) is 0. The molecule has 0 saturated heterocycles. The van der Waals surface area contributed by atoms with Crippen LogP contribution in [-0.4, -0.2) is 28.6 Å². The van der Waals surface area contributed by atoms with Crippen LogP contribution in [0.2, 0.25) is 0 Å². The summed E-state index contributed by atoms with van der Waals surface area (Å²) in [5.74, 6) is 0.344. The molecule has 4 nitrogen and oxygen atoms in total. The van der Waals surface area contributed by atoms with Crippen LogP contribution in [0.25, 0.3) is 0 Å². The third-order valence-corrected chi connectivity index (χ3v) is 2.95. The maximum atomic E-state index is 10.9. The van der Waals surface area contributed by atoms with Crippen LogP contribution in [-0.2, 0) is 15.8 Å². The van der Waals surface area contributed by atoms with Gasteiger partial charge in [-0.15, -0.1) is 0 Å². The molecule has 0 aliphatic carbocycles. The van der Waals surface area contributed by atoms with Crippen molar-refractivity contribution in [1.29, 1.82) is 0 Å². The van der Waals surface area contributed by atoms with Gasteiger partial charge in [-0.25, -0.2) is 0 Å². The molecule has 1 rings (SSSR count). The van der Waals surface area contributed by atoms with Gasteiger partial charge in [0.2, 0.25) is 0 Å². The molecule has 0 saturated carbocycles.